The van der Waals surface area contributed by atoms with Crippen molar-refractivity contribution in [1.82, 2.24) is 0 Å². The summed E-state index contributed by atoms with van der Waals surface area (Å²) < 4.78 is 4.47. The summed E-state index contributed by atoms with van der Waals surface area (Å²) in [5, 5.41) is 6.66. The minimum atomic E-state index is -0.344. The number of cyclic esters (lactones) is 1. The molecule has 0 saturated heterocycles. The number of hydrogen-bond donors (Lipinski definition) is 1. The van der Waals surface area contributed by atoms with Crippen molar-refractivity contribution in [3.63, 3.8) is 0 Å². The smallest absolute Gasteiger partial charge is 0.331 e. The molecule has 0 bridgehead atoms. The van der Waals surface area contributed by atoms with Crippen LogP contribution in [-0.4, -0.2) is 18.8 Å². The highest BCUT2D eigenvalue weighted by molar-refractivity contribution is 5.93. The molecule has 1 rings (SSSR count). The summed E-state index contributed by atoms with van der Waals surface area (Å²) in [6, 6.07) is 0. The Bertz CT molecular complexity index is 160. The van der Waals surface area contributed by atoms with Crippen LogP contribution in [0.3, 0.4) is 0 Å². The first-order valence-corrected chi connectivity index (χ1v) is 2.21. The molecule has 0 atom stereocenters. The summed E-state index contributed by atoms with van der Waals surface area (Å²) >= 11 is 0. The third kappa shape index (κ3) is 0.753. The fourth-order valence-electron chi connectivity index (χ4n) is 0.473. The van der Waals surface area contributed by atoms with Gasteiger partial charge in [-0.2, -0.15) is 0 Å². The molecular weight excluding hydrogens is 106 g/mol. The standard InChI is InChI=1S/C5H5NO2/c6-2-4-1-5(7)8-3-4/h1-2,6H,3H2. The van der Waals surface area contributed by atoms with E-state index in [4.69, 9.17) is 5.41 Å². The van der Waals surface area contributed by atoms with Crippen LogP contribution in [0.25, 0.3) is 0 Å². The van der Waals surface area contributed by atoms with Gasteiger partial charge in [0.2, 0.25) is 0 Å². The highest BCUT2D eigenvalue weighted by Crippen LogP contribution is 2.00. The Morgan fingerprint density at radius 1 is 1.88 bits per heavy atom. The molecule has 0 fully saturated rings. The van der Waals surface area contributed by atoms with E-state index in [9.17, 15) is 4.79 Å². The van der Waals surface area contributed by atoms with Gasteiger partial charge in [0.15, 0.2) is 0 Å². The van der Waals surface area contributed by atoms with E-state index in [1.54, 1.807) is 0 Å². The first-order valence-electron chi connectivity index (χ1n) is 2.21. The van der Waals surface area contributed by atoms with Crippen LogP contribution < -0.4 is 0 Å². The topological polar surface area (TPSA) is 50.2 Å². The summed E-state index contributed by atoms with van der Waals surface area (Å²) in [4.78, 5) is 10.2. The molecule has 8 heavy (non-hydrogen) atoms. The molecule has 0 amide bonds. The third-order valence-corrected chi connectivity index (χ3v) is 0.870. The molecule has 0 aromatic rings. The number of nitrogens with one attached hydrogen (secondary N) is 1. The van der Waals surface area contributed by atoms with E-state index in [1.165, 1.54) is 6.08 Å². The van der Waals surface area contributed by atoms with E-state index in [-0.39, 0.29) is 12.6 Å². The second-order valence-corrected chi connectivity index (χ2v) is 1.47. The molecule has 42 valence electrons. The van der Waals surface area contributed by atoms with Gasteiger partial charge in [-0.3, -0.25) is 0 Å². The Morgan fingerprint density at radius 3 is 2.88 bits per heavy atom. The van der Waals surface area contributed by atoms with Crippen molar-refractivity contribution in [3.05, 3.63) is 11.6 Å². The van der Waals surface area contributed by atoms with Crippen LogP contribution >= 0.6 is 0 Å². The maximum absolute atomic E-state index is 10.2. The molecule has 3 heteroatoms. The molecule has 0 aliphatic carbocycles. The Balaban J connectivity index is 2.70. The minimum Gasteiger partial charge on any atom is -0.458 e. The maximum atomic E-state index is 10.2. The van der Waals surface area contributed by atoms with Crippen molar-refractivity contribution in [2.45, 2.75) is 0 Å². The van der Waals surface area contributed by atoms with Crippen molar-refractivity contribution in [1.29, 1.82) is 5.41 Å². The lowest BCUT2D eigenvalue weighted by Gasteiger charge is -1.85. The molecule has 0 spiro atoms. The minimum absolute atomic E-state index is 0.266. The summed E-state index contributed by atoms with van der Waals surface area (Å²) in [5.41, 5.74) is 0.634. The van der Waals surface area contributed by atoms with Crippen LogP contribution in [0.1, 0.15) is 0 Å². The van der Waals surface area contributed by atoms with Crippen molar-refractivity contribution in [2.24, 2.45) is 0 Å². The number of esters is 1. The molecule has 0 unspecified atom stereocenters. The first kappa shape index (κ1) is 5.03. The molecule has 0 aromatic heterocycles. The zero-order valence-electron chi connectivity index (χ0n) is 4.18. The lowest BCUT2D eigenvalue weighted by atomic mass is 10.3. The largest absolute Gasteiger partial charge is 0.458 e. The Morgan fingerprint density at radius 2 is 2.62 bits per heavy atom. The number of rotatable bonds is 1. The van der Waals surface area contributed by atoms with Crippen LogP contribution in [0.4, 0.5) is 0 Å². The first-order chi connectivity index (χ1) is 3.83. The number of carbonyl (C=O) groups is 1. The van der Waals surface area contributed by atoms with Crippen LogP contribution in [0.2, 0.25) is 0 Å². The summed E-state index contributed by atoms with van der Waals surface area (Å²) in [6.07, 6.45) is 2.43. The van der Waals surface area contributed by atoms with E-state index in [1.807, 2.05) is 0 Å². The fraction of sp³-hybridized carbons (Fsp3) is 0.200. The summed E-state index contributed by atoms with van der Waals surface area (Å²) in [5.74, 6) is -0.344. The fourth-order valence-corrected chi connectivity index (χ4v) is 0.473. The van der Waals surface area contributed by atoms with Crippen molar-refractivity contribution in [3.8, 4) is 0 Å². The van der Waals surface area contributed by atoms with Crippen LogP contribution in [0.15, 0.2) is 11.6 Å². The monoisotopic (exact) mass is 111 g/mol. The van der Waals surface area contributed by atoms with Gasteiger partial charge in [-0.25, -0.2) is 4.79 Å². The van der Waals surface area contributed by atoms with Gasteiger partial charge in [0.1, 0.15) is 6.61 Å². The van der Waals surface area contributed by atoms with E-state index >= 15 is 0 Å². The van der Waals surface area contributed by atoms with E-state index in [0.717, 1.165) is 6.21 Å². The van der Waals surface area contributed by atoms with Crippen LogP contribution in [-0.2, 0) is 9.53 Å². The van der Waals surface area contributed by atoms with Gasteiger partial charge in [-0.1, -0.05) is 0 Å². The molecular formula is C5H5NO2. The van der Waals surface area contributed by atoms with E-state index in [0.29, 0.717) is 5.57 Å². The lowest BCUT2D eigenvalue weighted by molar-refractivity contribution is -0.134. The summed E-state index contributed by atoms with van der Waals surface area (Å²) in [7, 11) is 0. The van der Waals surface area contributed by atoms with Gasteiger partial charge in [-0.05, 0) is 0 Å². The zero-order chi connectivity index (χ0) is 5.98. The van der Waals surface area contributed by atoms with Crippen molar-refractivity contribution in [2.75, 3.05) is 6.61 Å². The SMILES string of the molecule is N=CC1=CC(=O)OC1. The molecule has 1 aliphatic rings. The number of ether oxygens (including phenoxy) is 1. The predicted molar refractivity (Wildman–Crippen MR) is 27.8 cm³/mol. The van der Waals surface area contributed by atoms with Gasteiger partial charge in [0.05, 0.1) is 0 Å². The Kier molecular flexibility index (Phi) is 1.12. The summed E-state index contributed by atoms with van der Waals surface area (Å²) in [6.45, 7) is 0.266. The molecule has 0 saturated carbocycles. The van der Waals surface area contributed by atoms with Gasteiger partial charge < -0.3 is 10.1 Å². The van der Waals surface area contributed by atoms with E-state index < -0.39 is 0 Å². The third-order valence-electron chi connectivity index (χ3n) is 0.870. The second-order valence-electron chi connectivity index (χ2n) is 1.47. The predicted octanol–water partition coefficient (Wildman–Crippen LogP) is 0.119. The average Bonchev–Trinajstić information content (AvgIpc) is 2.14. The average molecular weight is 111 g/mol. The number of carbonyl (C=O) groups excluding carboxylic acids is 1. The lowest BCUT2D eigenvalue weighted by Crippen LogP contribution is -1.91. The quantitative estimate of drug-likeness (QED) is 0.386. The molecule has 0 radical (unpaired) electrons. The van der Waals surface area contributed by atoms with Gasteiger partial charge in [0.25, 0.3) is 0 Å². The van der Waals surface area contributed by atoms with Crippen LogP contribution in [0, 0.1) is 5.41 Å². The Hall–Kier alpha value is -1.12. The van der Waals surface area contributed by atoms with Gasteiger partial charge in [0, 0.05) is 17.9 Å². The maximum Gasteiger partial charge on any atom is 0.331 e. The normalized spacial score (nSPS) is 17.5. The van der Waals surface area contributed by atoms with Gasteiger partial charge in [-0.15, -0.1) is 0 Å². The second kappa shape index (κ2) is 1.78. The zero-order valence-corrected chi connectivity index (χ0v) is 4.18. The molecule has 1 aliphatic heterocycles. The highest BCUT2D eigenvalue weighted by Gasteiger charge is 2.08. The van der Waals surface area contributed by atoms with Crippen molar-refractivity contribution < 1.29 is 9.53 Å². The highest BCUT2D eigenvalue weighted by atomic mass is 16.5. The van der Waals surface area contributed by atoms with Gasteiger partial charge >= 0.3 is 5.97 Å². The van der Waals surface area contributed by atoms with E-state index in [2.05, 4.69) is 4.74 Å². The molecule has 1 N–H and O–H groups in total. The Labute approximate surface area is 46.5 Å². The molecule has 1 heterocycles. The van der Waals surface area contributed by atoms with Crippen LogP contribution in [0.5, 0.6) is 0 Å². The number of hydrogen-bond acceptors (Lipinski definition) is 3. The van der Waals surface area contributed by atoms with Crippen molar-refractivity contribution >= 4 is 12.2 Å². The molecule has 3 nitrogen and oxygen atoms in total. The molecule has 0 aromatic carbocycles.